The van der Waals surface area contributed by atoms with E-state index in [2.05, 4.69) is 20.9 Å². The van der Waals surface area contributed by atoms with E-state index in [-0.39, 0.29) is 29.6 Å². The number of phenols is 1. The number of aromatic hydroxyl groups is 1. The molecule has 0 saturated carbocycles. The van der Waals surface area contributed by atoms with Crippen LogP contribution in [-0.4, -0.2) is 53.2 Å². The molecule has 26 heavy (non-hydrogen) atoms. The molecule has 0 spiro atoms. The third-order valence-electron chi connectivity index (χ3n) is 3.03. The Balaban J connectivity index is 1.96. The number of anilines is 1. The van der Waals surface area contributed by atoms with E-state index in [0.29, 0.717) is 5.56 Å². The van der Waals surface area contributed by atoms with Gasteiger partial charge in [-0.2, -0.15) is 5.10 Å². The van der Waals surface area contributed by atoms with Crippen molar-refractivity contribution in [1.82, 2.24) is 20.6 Å². The van der Waals surface area contributed by atoms with Crippen molar-refractivity contribution >= 4 is 17.9 Å². The molecule has 1 aromatic carbocycles. The van der Waals surface area contributed by atoms with Gasteiger partial charge in [0.15, 0.2) is 11.5 Å². The van der Waals surface area contributed by atoms with Gasteiger partial charge in [-0.3, -0.25) is 14.6 Å². The van der Waals surface area contributed by atoms with Crippen LogP contribution in [0.15, 0.2) is 26.8 Å². The molecule has 5 N–H and O–H groups in total. The van der Waals surface area contributed by atoms with Gasteiger partial charge in [0.25, 0.3) is 11.5 Å². The fourth-order valence-electron chi connectivity index (χ4n) is 1.84. The third kappa shape index (κ3) is 4.59. The van der Waals surface area contributed by atoms with Crippen molar-refractivity contribution in [3.63, 3.8) is 0 Å². The summed E-state index contributed by atoms with van der Waals surface area (Å²) in [7, 11) is 2.77. The van der Waals surface area contributed by atoms with E-state index in [1.54, 1.807) is 0 Å². The van der Waals surface area contributed by atoms with Crippen LogP contribution in [0.3, 0.4) is 0 Å². The minimum Gasteiger partial charge on any atom is -0.502 e. The van der Waals surface area contributed by atoms with Gasteiger partial charge in [-0.1, -0.05) is 0 Å². The van der Waals surface area contributed by atoms with Crippen molar-refractivity contribution in [2.45, 2.75) is 0 Å². The highest BCUT2D eigenvalue weighted by Gasteiger charge is 2.10. The number of carbonyl (C=O) groups is 1. The van der Waals surface area contributed by atoms with Crippen molar-refractivity contribution in [1.29, 1.82) is 0 Å². The van der Waals surface area contributed by atoms with Crippen LogP contribution in [0.4, 0.5) is 5.82 Å². The van der Waals surface area contributed by atoms with E-state index >= 15 is 0 Å². The highest BCUT2D eigenvalue weighted by atomic mass is 16.5. The molecule has 0 unspecified atom stereocenters. The van der Waals surface area contributed by atoms with Crippen LogP contribution in [0.25, 0.3) is 0 Å². The monoisotopic (exact) mass is 364 g/mol. The van der Waals surface area contributed by atoms with E-state index in [1.165, 1.54) is 32.6 Å². The summed E-state index contributed by atoms with van der Waals surface area (Å²) in [5.74, 6) is -0.563. The maximum absolute atomic E-state index is 11.7. The molecule has 1 amide bonds. The molecule has 2 aromatic rings. The fourth-order valence-corrected chi connectivity index (χ4v) is 1.84. The van der Waals surface area contributed by atoms with Crippen LogP contribution < -0.4 is 31.5 Å². The van der Waals surface area contributed by atoms with Gasteiger partial charge < -0.3 is 19.9 Å². The minimum atomic E-state index is -0.756. The third-order valence-corrected chi connectivity index (χ3v) is 3.03. The van der Waals surface area contributed by atoms with E-state index < -0.39 is 17.2 Å². The first-order valence-corrected chi connectivity index (χ1v) is 7.14. The second-order valence-corrected chi connectivity index (χ2v) is 4.78. The van der Waals surface area contributed by atoms with Crippen molar-refractivity contribution in [3.05, 3.63) is 38.5 Å². The zero-order valence-electron chi connectivity index (χ0n) is 13.8. The lowest BCUT2D eigenvalue weighted by Crippen LogP contribution is -2.31. The largest absolute Gasteiger partial charge is 0.502 e. The molecule has 1 heterocycles. The number of rotatable bonds is 7. The topological polar surface area (TPSA) is 171 Å². The highest BCUT2D eigenvalue weighted by molar-refractivity contribution is 5.85. The standard InChI is InChI=1S/C14H16N6O6/c1-25-8-3-7(4-9(26-2)11(8)22)5-16-18-10(21)6-15-12-13(23)17-14(24)20-19-12/h3-5,22H,6H2,1-2H3,(H,15,19)(H,18,21)(H2,17,20,23,24). The minimum absolute atomic E-state index is 0.154. The fraction of sp³-hybridized carbons (Fsp3) is 0.214. The molecule has 0 aliphatic rings. The van der Waals surface area contributed by atoms with Crippen molar-refractivity contribution < 1.29 is 19.4 Å². The lowest BCUT2D eigenvalue weighted by atomic mass is 10.2. The maximum atomic E-state index is 11.7. The first-order chi connectivity index (χ1) is 12.4. The molecule has 0 atom stereocenters. The first kappa shape index (κ1) is 18.5. The van der Waals surface area contributed by atoms with Gasteiger partial charge in [0.1, 0.15) is 0 Å². The molecule has 0 aliphatic carbocycles. The number of phenolic OH excluding ortho intramolecular Hbond substituents is 1. The summed E-state index contributed by atoms with van der Waals surface area (Å²) in [6.07, 6.45) is 1.31. The lowest BCUT2D eigenvalue weighted by Gasteiger charge is -2.09. The molecule has 0 saturated heterocycles. The summed E-state index contributed by atoms with van der Waals surface area (Å²) in [5.41, 5.74) is 1.23. The molecule has 0 bridgehead atoms. The predicted molar refractivity (Wildman–Crippen MR) is 90.9 cm³/mol. The summed E-state index contributed by atoms with van der Waals surface area (Å²) in [6.45, 7) is -0.304. The molecule has 12 heteroatoms. The number of amides is 1. The summed E-state index contributed by atoms with van der Waals surface area (Å²) >= 11 is 0. The molecule has 1 aromatic heterocycles. The van der Waals surface area contributed by atoms with Crippen molar-refractivity contribution in [2.75, 3.05) is 26.1 Å². The number of carbonyl (C=O) groups excluding carboxylic acids is 1. The predicted octanol–water partition coefficient (Wildman–Crippen LogP) is -1.26. The quantitative estimate of drug-likeness (QED) is 0.299. The Morgan fingerprint density at radius 1 is 1.31 bits per heavy atom. The zero-order chi connectivity index (χ0) is 19.1. The summed E-state index contributed by atoms with van der Waals surface area (Å²) in [4.78, 5) is 35.9. The maximum Gasteiger partial charge on any atom is 0.342 e. The van der Waals surface area contributed by atoms with Gasteiger partial charge in [0.05, 0.1) is 27.0 Å². The summed E-state index contributed by atoms with van der Waals surface area (Å²) < 4.78 is 10.0. The molecule has 0 aliphatic heterocycles. The Morgan fingerprint density at radius 2 is 1.96 bits per heavy atom. The number of H-pyrrole nitrogens is 2. The zero-order valence-corrected chi connectivity index (χ0v) is 13.8. The van der Waals surface area contributed by atoms with Crippen LogP contribution in [-0.2, 0) is 4.79 Å². The number of ether oxygens (including phenoxy) is 2. The molecule has 0 radical (unpaired) electrons. The normalized spacial score (nSPS) is 10.5. The number of aromatic amines is 2. The van der Waals surface area contributed by atoms with Gasteiger partial charge >= 0.3 is 5.69 Å². The Labute approximate surface area is 145 Å². The average Bonchev–Trinajstić information content (AvgIpc) is 2.62. The van der Waals surface area contributed by atoms with Gasteiger partial charge in [-0.15, -0.1) is 5.10 Å². The van der Waals surface area contributed by atoms with E-state index in [4.69, 9.17) is 9.47 Å². The molecule has 12 nitrogen and oxygen atoms in total. The van der Waals surface area contributed by atoms with Crippen molar-refractivity contribution in [2.24, 2.45) is 5.10 Å². The van der Waals surface area contributed by atoms with Gasteiger partial charge in [0.2, 0.25) is 11.6 Å². The lowest BCUT2D eigenvalue weighted by molar-refractivity contribution is -0.119. The second-order valence-electron chi connectivity index (χ2n) is 4.78. The van der Waals surface area contributed by atoms with E-state index in [1.807, 2.05) is 10.1 Å². The molecule has 0 fully saturated rings. The number of hydrazone groups is 1. The van der Waals surface area contributed by atoms with E-state index in [9.17, 15) is 19.5 Å². The smallest absolute Gasteiger partial charge is 0.342 e. The Morgan fingerprint density at radius 3 is 2.54 bits per heavy atom. The Bertz CT molecular complexity index is 909. The van der Waals surface area contributed by atoms with Crippen LogP contribution in [0, 0.1) is 0 Å². The van der Waals surface area contributed by atoms with Gasteiger partial charge in [-0.05, 0) is 12.1 Å². The average molecular weight is 364 g/mol. The van der Waals surface area contributed by atoms with Gasteiger partial charge in [-0.25, -0.2) is 15.3 Å². The number of methoxy groups -OCH3 is 2. The molecular weight excluding hydrogens is 348 g/mol. The second kappa shape index (κ2) is 8.32. The van der Waals surface area contributed by atoms with Crippen LogP contribution in [0.5, 0.6) is 17.2 Å². The van der Waals surface area contributed by atoms with Gasteiger partial charge in [0, 0.05) is 5.56 Å². The number of benzene rings is 1. The van der Waals surface area contributed by atoms with E-state index in [0.717, 1.165) is 0 Å². The van der Waals surface area contributed by atoms with Crippen LogP contribution >= 0.6 is 0 Å². The van der Waals surface area contributed by atoms with Crippen molar-refractivity contribution in [3.8, 4) is 17.2 Å². The number of aromatic nitrogens is 3. The summed E-state index contributed by atoms with van der Waals surface area (Å²) in [6, 6.07) is 2.99. The van der Waals surface area contributed by atoms with Crippen LogP contribution in [0.2, 0.25) is 0 Å². The Hall–Kier alpha value is -3.83. The first-order valence-electron chi connectivity index (χ1n) is 7.14. The SMILES string of the molecule is COc1cc(C=NNC(=O)CNc2n[nH]c(=O)[nH]c2=O)cc(OC)c1O. The number of nitrogens with one attached hydrogen (secondary N) is 4. The molecular formula is C14H16N6O6. The number of nitrogens with zero attached hydrogens (tertiary/aromatic N) is 2. The highest BCUT2D eigenvalue weighted by Crippen LogP contribution is 2.36. The summed E-state index contributed by atoms with van der Waals surface area (Å²) in [5, 5.41) is 21.5. The van der Waals surface area contributed by atoms with Crippen LogP contribution in [0.1, 0.15) is 5.56 Å². The molecule has 138 valence electrons. The number of hydrogen-bond donors (Lipinski definition) is 5. The molecule has 2 rings (SSSR count). The number of hydrogen-bond acceptors (Lipinski definition) is 9. The Kier molecular flexibility index (Phi) is 5.92.